The highest BCUT2D eigenvalue weighted by molar-refractivity contribution is 5.78. The van der Waals surface area contributed by atoms with Crippen LogP contribution in [0.3, 0.4) is 0 Å². The smallest absolute Gasteiger partial charge is 0.333 e. The van der Waals surface area contributed by atoms with Gasteiger partial charge < -0.3 is 14.6 Å². The fourth-order valence-electron chi connectivity index (χ4n) is 2.72. The lowest BCUT2D eigenvalue weighted by atomic mass is 10.1. The normalized spacial score (nSPS) is 12.0. The summed E-state index contributed by atoms with van der Waals surface area (Å²) >= 11 is 0. The minimum atomic E-state index is -0.948. The Morgan fingerprint density at radius 3 is 2.62 bits per heavy atom. The Morgan fingerprint density at radius 1 is 1.12 bits per heavy atom. The molecular formula is C21H21NO4. The summed E-state index contributed by atoms with van der Waals surface area (Å²) in [4.78, 5) is 15.6. The van der Waals surface area contributed by atoms with Crippen LogP contribution in [-0.4, -0.2) is 28.8 Å². The molecule has 1 heterocycles. The lowest BCUT2D eigenvalue weighted by Crippen LogP contribution is -2.26. The van der Waals surface area contributed by atoms with Crippen LogP contribution in [0, 0.1) is 0 Å². The molecule has 2 aromatic carbocycles. The van der Waals surface area contributed by atoms with Gasteiger partial charge in [0.15, 0.2) is 6.10 Å². The average Bonchev–Trinajstić information content (AvgIpc) is 2.67. The zero-order chi connectivity index (χ0) is 18.4. The van der Waals surface area contributed by atoms with Gasteiger partial charge in [-0.3, -0.25) is 4.98 Å². The highest BCUT2D eigenvalue weighted by Crippen LogP contribution is 2.18. The Morgan fingerprint density at radius 2 is 1.88 bits per heavy atom. The van der Waals surface area contributed by atoms with Gasteiger partial charge in [-0.25, -0.2) is 4.79 Å². The first-order chi connectivity index (χ1) is 12.7. The zero-order valence-corrected chi connectivity index (χ0v) is 14.6. The SMILES string of the molecule is CCOC(Cc1ccc(OCc2cnc3ccccc3c2)cc1)C(=O)O. The van der Waals surface area contributed by atoms with Gasteiger partial charge in [-0.15, -0.1) is 0 Å². The number of para-hydroxylation sites is 1. The molecule has 0 saturated carbocycles. The summed E-state index contributed by atoms with van der Waals surface area (Å²) in [5.74, 6) is -0.221. The maximum Gasteiger partial charge on any atom is 0.333 e. The molecule has 0 aliphatic carbocycles. The number of hydrogen-bond acceptors (Lipinski definition) is 4. The van der Waals surface area contributed by atoms with Crippen molar-refractivity contribution >= 4 is 16.9 Å². The van der Waals surface area contributed by atoms with Crippen LogP contribution in [0.4, 0.5) is 0 Å². The molecule has 1 aromatic heterocycles. The minimum absolute atomic E-state index is 0.331. The van der Waals surface area contributed by atoms with Crippen LogP contribution in [0.15, 0.2) is 60.8 Å². The molecule has 3 rings (SSSR count). The third-order valence-electron chi connectivity index (χ3n) is 4.04. The fourth-order valence-corrected chi connectivity index (χ4v) is 2.72. The summed E-state index contributed by atoms with van der Waals surface area (Å²) < 4.78 is 11.0. The van der Waals surface area contributed by atoms with Gasteiger partial charge in [0.05, 0.1) is 5.52 Å². The zero-order valence-electron chi connectivity index (χ0n) is 14.6. The lowest BCUT2D eigenvalue weighted by molar-refractivity contribution is -0.149. The maximum absolute atomic E-state index is 11.2. The Labute approximate surface area is 152 Å². The van der Waals surface area contributed by atoms with Gasteiger partial charge in [0.2, 0.25) is 0 Å². The largest absolute Gasteiger partial charge is 0.489 e. The lowest BCUT2D eigenvalue weighted by Gasteiger charge is -2.13. The maximum atomic E-state index is 11.2. The van der Waals surface area contributed by atoms with E-state index in [1.807, 2.05) is 54.7 Å². The van der Waals surface area contributed by atoms with Gasteiger partial charge >= 0.3 is 5.97 Å². The number of rotatable bonds is 8. The van der Waals surface area contributed by atoms with E-state index in [9.17, 15) is 4.79 Å². The first-order valence-electron chi connectivity index (χ1n) is 8.55. The number of aromatic nitrogens is 1. The quantitative estimate of drug-likeness (QED) is 0.668. The molecule has 3 aromatic rings. The number of carboxylic acid groups (broad SMARTS) is 1. The van der Waals surface area contributed by atoms with Crippen molar-refractivity contribution in [2.24, 2.45) is 0 Å². The van der Waals surface area contributed by atoms with E-state index in [-0.39, 0.29) is 0 Å². The van der Waals surface area contributed by atoms with E-state index in [4.69, 9.17) is 14.6 Å². The van der Waals surface area contributed by atoms with E-state index in [1.165, 1.54) is 0 Å². The van der Waals surface area contributed by atoms with Crippen LogP contribution >= 0.6 is 0 Å². The molecule has 1 N–H and O–H groups in total. The second kappa shape index (κ2) is 8.45. The third kappa shape index (κ3) is 4.58. The standard InChI is InChI=1S/C21H21NO4/c1-2-25-20(21(23)24)12-15-7-9-18(10-8-15)26-14-16-11-17-5-3-4-6-19(17)22-13-16/h3-11,13,20H,2,12,14H2,1H3,(H,23,24). The van der Waals surface area contributed by atoms with Crippen molar-refractivity contribution in [3.8, 4) is 5.75 Å². The second-order valence-electron chi connectivity index (χ2n) is 5.96. The number of fused-ring (bicyclic) bond motifs is 1. The van der Waals surface area contributed by atoms with Crippen LogP contribution in [0.1, 0.15) is 18.1 Å². The van der Waals surface area contributed by atoms with E-state index < -0.39 is 12.1 Å². The first-order valence-corrected chi connectivity index (χ1v) is 8.55. The molecule has 0 aliphatic heterocycles. The Balaban J connectivity index is 1.60. The summed E-state index contributed by atoms with van der Waals surface area (Å²) in [7, 11) is 0. The van der Waals surface area contributed by atoms with Gasteiger partial charge in [-0.1, -0.05) is 30.3 Å². The van der Waals surface area contributed by atoms with Crippen molar-refractivity contribution < 1.29 is 19.4 Å². The van der Waals surface area contributed by atoms with Crippen LogP contribution in [-0.2, 0) is 22.6 Å². The Kier molecular flexibility index (Phi) is 5.81. The second-order valence-corrected chi connectivity index (χ2v) is 5.96. The van der Waals surface area contributed by atoms with Crippen molar-refractivity contribution in [2.45, 2.75) is 26.1 Å². The number of hydrogen-bond donors (Lipinski definition) is 1. The number of carboxylic acids is 1. The molecule has 1 unspecified atom stereocenters. The van der Waals surface area contributed by atoms with Gasteiger partial charge in [0.25, 0.3) is 0 Å². The van der Waals surface area contributed by atoms with Crippen molar-refractivity contribution in [3.63, 3.8) is 0 Å². The summed E-state index contributed by atoms with van der Waals surface area (Å²) in [6.45, 7) is 2.58. The summed E-state index contributed by atoms with van der Waals surface area (Å²) in [5.41, 5.74) is 2.85. The molecule has 26 heavy (non-hydrogen) atoms. The van der Waals surface area contributed by atoms with Crippen molar-refractivity contribution in [3.05, 3.63) is 71.9 Å². The molecule has 0 fully saturated rings. The number of ether oxygens (including phenoxy) is 2. The monoisotopic (exact) mass is 351 g/mol. The molecule has 5 nitrogen and oxygen atoms in total. The molecule has 0 bridgehead atoms. The molecule has 134 valence electrons. The number of nitrogens with zero attached hydrogens (tertiary/aromatic N) is 1. The molecule has 0 radical (unpaired) electrons. The van der Waals surface area contributed by atoms with Crippen LogP contribution in [0.2, 0.25) is 0 Å². The van der Waals surface area contributed by atoms with E-state index in [1.54, 1.807) is 6.92 Å². The highest BCUT2D eigenvalue weighted by atomic mass is 16.5. The van der Waals surface area contributed by atoms with Crippen molar-refractivity contribution in [2.75, 3.05) is 6.61 Å². The highest BCUT2D eigenvalue weighted by Gasteiger charge is 2.17. The average molecular weight is 351 g/mol. The predicted octanol–water partition coefficient (Wildman–Crippen LogP) is 3.85. The van der Waals surface area contributed by atoms with Crippen molar-refractivity contribution in [1.82, 2.24) is 4.98 Å². The molecule has 0 spiro atoms. The van der Waals surface area contributed by atoms with E-state index >= 15 is 0 Å². The van der Waals surface area contributed by atoms with Crippen LogP contribution in [0.25, 0.3) is 10.9 Å². The number of carbonyl (C=O) groups is 1. The molecular weight excluding hydrogens is 330 g/mol. The molecule has 5 heteroatoms. The van der Waals surface area contributed by atoms with E-state index in [0.717, 1.165) is 27.8 Å². The molecule has 0 amide bonds. The topological polar surface area (TPSA) is 68.7 Å². The summed E-state index contributed by atoms with van der Waals surface area (Å²) in [6.07, 6.45) is 1.32. The molecule has 0 saturated heterocycles. The summed E-state index contributed by atoms with van der Waals surface area (Å²) in [5, 5.41) is 10.2. The fraction of sp³-hybridized carbons (Fsp3) is 0.238. The van der Waals surface area contributed by atoms with E-state index in [0.29, 0.717) is 19.6 Å². The van der Waals surface area contributed by atoms with Gasteiger partial charge in [-0.05, 0) is 36.8 Å². The van der Waals surface area contributed by atoms with Gasteiger partial charge in [0, 0.05) is 30.2 Å². The Hall–Kier alpha value is -2.92. The van der Waals surface area contributed by atoms with Gasteiger partial charge in [0.1, 0.15) is 12.4 Å². The number of aliphatic carboxylic acids is 1. The predicted molar refractivity (Wildman–Crippen MR) is 99.3 cm³/mol. The molecule has 0 aliphatic rings. The Bertz CT molecular complexity index is 877. The van der Waals surface area contributed by atoms with Gasteiger partial charge in [-0.2, -0.15) is 0 Å². The van der Waals surface area contributed by atoms with Crippen molar-refractivity contribution in [1.29, 1.82) is 0 Å². The first kappa shape index (κ1) is 17.9. The van der Waals surface area contributed by atoms with E-state index in [2.05, 4.69) is 11.1 Å². The minimum Gasteiger partial charge on any atom is -0.489 e. The summed E-state index contributed by atoms with van der Waals surface area (Å²) in [6, 6.07) is 17.4. The molecule has 1 atom stereocenters. The number of benzene rings is 2. The number of pyridine rings is 1. The van der Waals surface area contributed by atoms with Crippen LogP contribution in [0.5, 0.6) is 5.75 Å². The van der Waals surface area contributed by atoms with Crippen LogP contribution < -0.4 is 4.74 Å². The third-order valence-corrected chi connectivity index (χ3v) is 4.04.